The van der Waals surface area contributed by atoms with E-state index >= 15 is 0 Å². The summed E-state index contributed by atoms with van der Waals surface area (Å²) in [6, 6.07) is 8.03. The molecule has 3 heteroatoms. The van der Waals surface area contributed by atoms with E-state index in [4.69, 9.17) is 10.00 Å². The van der Waals surface area contributed by atoms with Crippen LogP contribution in [0.15, 0.2) is 18.2 Å². The first-order valence-corrected chi connectivity index (χ1v) is 4.17. The molecular weight excluding hydrogens is 164 g/mol. The fourth-order valence-corrected chi connectivity index (χ4v) is 1.66. The number of methoxy groups -OCH3 is 1. The van der Waals surface area contributed by atoms with E-state index in [1.807, 2.05) is 18.2 Å². The van der Waals surface area contributed by atoms with Gasteiger partial charge in [0.1, 0.15) is 5.75 Å². The summed E-state index contributed by atoms with van der Waals surface area (Å²) in [4.78, 5) is 0. The van der Waals surface area contributed by atoms with Gasteiger partial charge in [-0.05, 0) is 12.1 Å². The van der Waals surface area contributed by atoms with E-state index in [0.29, 0.717) is 6.54 Å². The van der Waals surface area contributed by atoms with Crippen LogP contribution < -0.4 is 10.1 Å². The van der Waals surface area contributed by atoms with Gasteiger partial charge in [-0.25, -0.2) is 0 Å². The number of ether oxygens (including phenoxy) is 1. The number of hydrogen-bond donors (Lipinski definition) is 1. The summed E-state index contributed by atoms with van der Waals surface area (Å²) >= 11 is 0. The topological polar surface area (TPSA) is 45.0 Å². The summed E-state index contributed by atoms with van der Waals surface area (Å²) in [5.41, 5.74) is 2.01. The van der Waals surface area contributed by atoms with Crippen LogP contribution in [0.3, 0.4) is 0 Å². The zero-order chi connectivity index (χ0) is 9.26. The second kappa shape index (κ2) is 2.98. The minimum atomic E-state index is -0.0776. The fraction of sp³-hybridized carbons (Fsp3) is 0.300. The van der Waals surface area contributed by atoms with Crippen molar-refractivity contribution in [3.8, 4) is 11.8 Å². The van der Waals surface area contributed by atoms with Crippen molar-refractivity contribution in [1.82, 2.24) is 0 Å². The molecule has 0 saturated heterocycles. The van der Waals surface area contributed by atoms with Gasteiger partial charge in [0.2, 0.25) is 0 Å². The van der Waals surface area contributed by atoms with Gasteiger partial charge in [0, 0.05) is 17.8 Å². The summed E-state index contributed by atoms with van der Waals surface area (Å²) in [5.74, 6) is 0.722. The molecule has 0 radical (unpaired) electrons. The molecule has 1 aliphatic rings. The highest BCUT2D eigenvalue weighted by Gasteiger charge is 2.25. The van der Waals surface area contributed by atoms with Gasteiger partial charge in [0.15, 0.2) is 0 Å². The predicted octanol–water partition coefficient (Wildman–Crippen LogP) is 1.73. The summed E-state index contributed by atoms with van der Waals surface area (Å²) in [6.45, 7) is 0.687. The Labute approximate surface area is 76.9 Å². The second-order valence-electron chi connectivity index (χ2n) is 2.98. The molecule has 1 aliphatic heterocycles. The zero-order valence-corrected chi connectivity index (χ0v) is 7.37. The van der Waals surface area contributed by atoms with Crippen molar-refractivity contribution < 1.29 is 4.74 Å². The van der Waals surface area contributed by atoms with E-state index in [0.717, 1.165) is 17.0 Å². The molecule has 0 bridgehead atoms. The van der Waals surface area contributed by atoms with Crippen LogP contribution in [0.4, 0.5) is 5.69 Å². The maximum atomic E-state index is 8.89. The molecule has 3 nitrogen and oxygen atoms in total. The predicted molar refractivity (Wildman–Crippen MR) is 49.8 cm³/mol. The third kappa shape index (κ3) is 1.11. The van der Waals surface area contributed by atoms with Gasteiger partial charge in [0.05, 0.1) is 19.1 Å². The third-order valence-electron chi connectivity index (χ3n) is 2.29. The number of benzene rings is 1. The Balaban J connectivity index is 2.54. The van der Waals surface area contributed by atoms with Crippen molar-refractivity contribution in [2.75, 3.05) is 19.0 Å². The van der Waals surface area contributed by atoms with Gasteiger partial charge in [-0.3, -0.25) is 0 Å². The molecule has 1 atom stereocenters. The van der Waals surface area contributed by atoms with Gasteiger partial charge >= 0.3 is 0 Å². The minimum absolute atomic E-state index is 0.0776. The fourth-order valence-electron chi connectivity index (χ4n) is 1.66. The molecule has 66 valence electrons. The van der Waals surface area contributed by atoms with Crippen LogP contribution in [-0.2, 0) is 0 Å². The van der Waals surface area contributed by atoms with E-state index in [1.54, 1.807) is 7.11 Å². The molecule has 0 aliphatic carbocycles. The Kier molecular flexibility index (Phi) is 1.82. The first kappa shape index (κ1) is 7.93. The minimum Gasteiger partial charge on any atom is -0.496 e. The van der Waals surface area contributed by atoms with Gasteiger partial charge in [-0.2, -0.15) is 5.26 Å². The monoisotopic (exact) mass is 174 g/mol. The Bertz CT molecular complexity index is 368. The molecular formula is C10H10N2O. The van der Waals surface area contributed by atoms with Crippen molar-refractivity contribution in [1.29, 1.82) is 5.26 Å². The third-order valence-corrected chi connectivity index (χ3v) is 2.29. The quantitative estimate of drug-likeness (QED) is 0.705. The number of anilines is 1. The SMILES string of the molecule is COc1cccc2c1C(C#N)CN2. The highest BCUT2D eigenvalue weighted by atomic mass is 16.5. The van der Waals surface area contributed by atoms with Crippen molar-refractivity contribution in [3.63, 3.8) is 0 Å². The molecule has 0 fully saturated rings. The smallest absolute Gasteiger partial charge is 0.125 e. The first-order valence-electron chi connectivity index (χ1n) is 4.17. The summed E-state index contributed by atoms with van der Waals surface area (Å²) in [7, 11) is 1.63. The highest BCUT2D eigenvalue weighted by molar-refractivity contribution is 5.65. The maximum absolute atomic E-state index is 8.89. The van der Waals surface area contributed by atoms with Gasteiger partial charge in [-0.1, -0.05) is 6.07 Å². The number of nitrogens with zero attached hydrogens (tertiary/aromatic N) is 1. The molecule has 13 heavy (non-hydrogen) atoms. The average Bonchev–Trinajstić information content (AvgIpc) is 2.60. The van der Waals surface area contributed by atoms with Crippen molar-refractivity contribution in [3.05, 3.63) is 23.8 Å². The van der Waals surface area contributed by atoms with Crippen LogP contribution in [0.2, 0.25) is 0 Å². The molecule has 2 rings (SSSR count). The lowest BCUT2D eigenvalue weighted by molar-refractivity contribution is 0.410. The van der Waals surface area contributed by atoms with E-state index in [-0.39, 0.29) is 5.92 Å². The van der Waals surface area contributed by atoms with Crippen LogP contribution in [0.25, 0.3) is 0 Å². The Morgan fingerprint density at radius 3 is 3.15 bits per heavy atom. The average molecular weight is 174 g/mol. The molecule has 1 aromatic carbocycles. The summed E-state index contributed by atoms with van der Waals surface area (Å²) in [5, 5.41) is 12.1. The van der Waals surface area contributed by atoms with Gasteiger partial charge in [0.25, 0.3) is 0 Å². The lowest BCUT2D eigenvalue weighted by Crippen LogP contribution is -1.99. The molecule has 0 aromatic heterocycles. The van der Waals surface area contributed by atoms with Gasteiger partial charge < -0.3 is 10.1 Å². The Hall–Kier alpha value is -1.69. The van der Waals surface area contributed by atoms with Crippen LogP contribution in [0.5, 0.6) is 5.75 Å². The highest BCUT2D eigenvalue weighted by Crippen LogP contribution is 2.37. The molecule has 0 spiro atoms. The summed E-state index contributed by atoms with van der Waals surface area (Å²) < 4.78 is 5.20. The standard InChI is InChI=1S/C10H10N2O/c1-13-9-4-2-3-8-10(9)7(5-11)6-12-8/h2-4,7,12H,6H2,1H3. The van der Waals surface area contributed by atoms with Crippen LogP contribution >= 0.6 is 0 Å². The molecule has 1 N–H and O–H groups in total. The lowest BCUT2D eigenvalue weighted by Gasteiger charge is -2.07. The molecule has 1 unspecified atom stereocenters. The molecule has 1 heterocycles. The molecule has 0 amide bonds. The lowest BCUT2D eigenvalue weighted by atomic mass is 10.0. The largest absolute Gasteiger partial charge is 0.496 e. The van der Waals surface area contributed by atoms with Crippen molar-refractivity contribution in [2.45, 2.75) is 5.92 Å². The van der Waals surface area contributed by atoms with Crippen molar-refractivity contribution >= 4 is 5.69 Å². The zero-order valence-electron chi connectivity index (χ0n) is 7.37. The number of nitriles is 1. The van der Waals surface area contributed by atoms with Crippen LogP contribution in [-0.4, -0.2) is 13.7 Å². The van der Waals surface area contributed by atoms with E-state index in [2.05, 4.69) is 11.4 Å². The second-order valence-corrected chi connectivity index (χ2v) is 2.98. The number of nitrogens with one attached hydrogen (secondary N) is 1. The van der Waals surface area contributed by atoms with Crippen LogP contribution in [0, 0.1) is 11.3 Å². The summed E-state index contributed by atoms with van der Waals surface area (Å²) in [6.07, 6.45) is 0. The van der Waals surface area contributed by atoms with E-state index < -0.39 is 0 Å². The first-order chi connectivity index (χ1) is 6.36. The number of fused-ring (bicyclic) bond motifs is 1. The van der Waals surface area contributed by atoms with E-state index in [1.165, 1.54) is 0 Å². The number of hydrogen-bond acceptors (Lipinski definition) is 3. The molecule has 1 aromatic rings. The normalized spacial score (nSPS) is 18.6. The number of rotatable bonds is 1. The van der Waals surface area contributed by atoms with Crippen LogP contribution in [0.1, 0.15) is 11.5 Å². The van der Waals surface area contributed by atoms with Crippen molar-refractivity contribution in [2.24, 2.45) is 0 Å². The van der Waals surface area contributed by atoms with E-state index in [9.17, 15) is 0 Å². The Morgan fingerprint density at radius 1 is 1.62 bits per heavy atom. The Morgan fingerprint density at radius 2 is 2.46 bits per heavy atom. The maximum Gasteiger partial charge on any atom is 0.125 e. The van der Waals surface area contributed by atoms with Gasteiger partial charge in [-0.15, -0.1) is 0 Å². The molecule has 0 saturated carbocycles.